The van der Waals surface area contributed by atoms with Crippen LogP contribution in [0, 0.1) is 0 Å². The monoisotopic (exact) mass is 305 g/mol. The van der Waals surface area contributed by atoms with Crippen LogP contribution in [0.3, 0.4) is 0 Å². The van der Waals surface area contributed by atoms with Crippen LogP contribution in [0.2, 0.25) is 0 Å². The molecule has 0 bridgehead atoms. The fourth-order valence-corrected chi connectivity index (χ4v) is 3.88. The van der Waals surface area contributed by atoms with Gasteiger partial charge >= 0.3 is 0 Å². The van der Waals surface area contributed by atoms with Crippen LogP contribution in [0.5, 0.6) is 0 Å². The van der Waals surface area contributed by atoms with E-state index >= 15 is 0 Å². The Morgan fingerprint density at radius 3 is 2.86 bits per heavy atom. The van der Waals surface area contributed by atoms with E-state index in [1.165, 1.54) is 10.3 Å². The van der Waals surface area contributed by atoms with Crippen LogP contribution in [0.15, 0.2) is 6.07 Å². The molecule has 0 aromatic carbocycles. The van der Waals surface area contributed by atoms with Gasteiger partial charge in [0.2, 0.25) is 5.95 Å². The molecule has 0 amide bonds. The molecule has 0 aliphatic carbocycles. The first-order valence-electron chi connectivity index (χ1n) is 7.55. The molecule has 3 heterocycles. The summed E-state index contributed by atoms with van der Waals surface area (Å²) in [5.41, 5.74) is 0. The molecule has 114 valence electrons. The average molecular weight is 305 g/mol. The molecule has 1 unspecified atom stereocenters. The van der Waals surface area contributed by atoms with Crippen LogP contribution in [0.1, 0.15) is 18.7 Å². The summed E-state index contributed by atoms with van der Waals surface area (Å²) < 4.78 is 0. The van der Waals surface area contributed by atoms with E-state index < -0.39 is 0 Å². The number of anilines is 2. The van der Waals surface area contributed by atoms with Gasteiger partial charge in [-0.1, -0.05) is 6.92 Å². The van der Waals surface area contributed by atoms with E-state index in [-0.39, 0.29) is 0 Å². The van der Waals surface area contributed by atoms with Crippen molar-refractivity contribution >= 4 is 33.3 Å². The first-order chi connectivity index (χ1) is 10.1. The maximum atomic E-state index is 4.76. The second-order valence-corrected chi connectivity index (χ2v) is 6.83. The van der Waals surface area contributed by atoms with Crippen molar-refractivity contribution in [1.29, 1.82) is 0 Å². The molecule has 2 aromatic rings. The van der Waals surface area contributed by atoms with Gasteiger partial charge in [0.25, 0.3) is 0 Å². The van der Waals surface area contributed by atoms with Gasteiger partial charge in [-0.15, -0.1) is 11.3 Å². The van der Waals surface area contributed by atoms with Crippen molar-refractivity contribution in [3.63, 3.8) is 0 Å². The van der Waals surface area contributed by atoms with Crippen LogP contribution in [-0.4, -0.2) is 54.6 Å². The van der Waals surface area contributed by atoms with Gasteiger partial charge in [-0.25, -0.2) is 4.98 Å². The summed E-state index contributed by atoms with van der Waals surface area (Å²) in [6, 6.07) is 2.73. The second kappa shape index (κ2) is 5.77. The second-order valence-electron chi connectivity index (χ2n) is 5.71. The Bertz CT molecular complexity index is 638. The highest BCUT2D eigenvalue weighted by Crippen LogP contribution is 2.33. The Morgan fingerprint density at radius 1 is 1.38 bits per heavy atom. The third-order valence-corrected chi connectivity index (χ3v) is 5.27. The fourth-order valence-electron chi connectivity index (χ4n) is 2.92. The quantitative estimate of drug-likeness (QED) is 0.943. The van der Waals surface area contributed by atoms with Crippen molar-refractivity contribution in [2.24, 2.45) is 0 Å². The van der Waals surface area contributed by atoms with E-state index in [1.54, 1.807) is 11.3 Å². The zero-order valence-electron chi connectivity index (χ0n) is 13.2. The van der Waals surface area contributed by atoms with E-state index in [0.717, 1.165) is 36.7 Å². The fraction of sp³-hybridized carbons (Fsp3) is 0.600. The number of hydrogen-bond donors (Lipinski definition) is 1. The van der Waals surface area contributed by atoms with E-state index in [9.17, 15) is 0 Å². The third kappa shape index (κ3) is 2.70. The minimum Gasteiger partial charge on any atom is -0.357 e. The first kappa shape index (κ1) is 14.5. The maximum Gasteiger partial charge on any atom is 0.225 e. The van der Waals surface area contributed by atoms with E-state index in [1.807, 2.05) is 7.05 Å². The highest BCUT2D eigenvalue weighted by Gasteiger charge is 2.25. The highest BCUT2D eigenvalue weighted by atomic mass is 32.1. The molecule has 2 aromatic heterocycles. The third-order valence-electron chi connectivity index (χ3n) is 4.10. The van der Waals surface area contributed by atoms with E-state index in [2.05, 4.69) is 47.1 Å². The highest BCUT2D eigenvalue weighted by molar-refractivity contribution is 7.18. The van der Waals surface area contributed by atoms with Crippen LogP contribution in [0.4, 0.5) is 11.8 Å². The lowest BCUT2D eigenvalue weighted by Crippen LogP contribution is -2.50. The van der Waals surface area contributed by atoms with Gasteiger partial charge in [0.05, 0.1) is 5.39 Å². The zero-order chi connectivity index (χ0) is 15.0. The standard InChI is InChI=1S/C15H23N5S/c1-5-11-8-12-13(17-15(16-3)18-14(12)21-11)20-7-6-19(4)9-10(20)2/h8,10H,5-7,9H2,1-4H3,(H,16,17,18). The van der Waals surface area contributed by atoms with Gasteiger partial charge in [-0.2, -0.15) is 4.98 Å². The average Bonchev–Trinajstić information content (AvgIpc) is 2.89. The van der Waals surface area contributed by atoms with Crippen molar-refractivity contribution in [2.75, 3.05) is 43.9 Å². The number of thiophene rings is 1. The number of fused-ring (bicyclic) bond motifs is 1. The zero-order valence-corrected chi connectivity index (χ0v) is 14.0. The number of nitrogens with one attached hydrogen (secondary N) is 1. The number of likely N-dealkylation sites (N-methyl/N-ethyl adjacent to an activating group) is 1. The number of rotatable bonds is 3. The van der Waals surface area contributed by atoms with Crippen LogP contribution in [0.25, 0.3) is 10.2 Å². The number of aryl methyl sites for hydroxylation is 1. The Hall–Kier alpha value is -1.40. The molecule has 1 aliphatic rings. The predicted octanol–water partition coefficient (Wildman–Crippen LogP) is 2.44. The molecular formula is C15H23N5S. The molecule has 3 rings (SSSR count). The smallest absolute Gasteiger partial charge is 0.225 e. The van der Waals surface area contributed by atoms with Crippen molar-refractivity contribution in [3.05, 3.63) is 10.9 Å². The van der Waals surface area contributed by atoms with Crippen molar-refractivity contribution in [3.8, 4) is 0 Å². The minimum atomic E-state index is 0.469. The molecule has 1 saturated heterocycles. The van der Waals surface area contributed by atoms with Gasteiger partial charge in [-0.05, 0) is 26.5 Å². The van der Waals surface area contributed by atoms with Crippen molar-refractivity contribution < 1.29 is 0 Å². The number of nitrogens with zero attached hydrogens (tertiary/aromatic N) is 4. The molecule has 1 N–H and O–H groups in total. The van der Waals surface area contributed by atoms with E-state index in [0.29, 0.717) is 12.0 Å². The first-order valence-corrected chi connectivity index (χ1v) is 8.37. The van der Waals surface area contributed by atoms with Crippen molar-refractivity contribution in [2.45, 2.75) is 26.3 Å². The Morgan fingerprint density at radius 2 is 2.19 bits per heavy atom. The summed E-state index contributed by atoms with van der Waals surface area (Å²) in [5.74, 6) is 1.80. The van der Waals surface area contributed by atoms with Gasteiger partial charge < -0.3 is 15.1 Å². The lowest BCUT2D eigenvalue weighted by molar-refractivity contribution is 0.275. The molecule has 1 aliphatic heterocycles. The molecule has 1 fully saturated rings. The maximum absolute atomic E-state index is 4.76. The largest absolute Gasteiger partial charge is 0.357 e. The van der Waals surface area contributed by atoms with Crippen molar-refractivity contribution in [1.82, 2.24) is 14.9 Å². The summed E-state index contributed by atoms with van der Waals surface area (Å²) in [6.45, 7) is 7.63. The Balaban J connectivity index is 2.09. The van der Waals surface area contributed by atoms with Gasteiger partial charge in [0, 0.05) is 37.6 Å². The summed E-state index contributed by atoms with van der Waals surface area (Å²) in [7, 11) is 4.06. The molecule has 6 heteroatoms. The van der Waals surface area contributed by atoms with Crippen LogP contribution in [-0.2, 0) is 6.42 Å². The topological polar surface area (TPSA) is 44.3 Å². The Labute approximate surface area is 130 Å². The molecule has 21 heavy (non-hydrogen) atoms. The molecule has 1 atom stereocenters. The number of piperazine rings is 1. The SMILES string of the molecule is CCc1cc2c(N3CCN(C)CC3C)nc(NC)nc2s1. The normalized spacial score (nSPS) is 20.2. The predicted molar refractivity (Wildman–Crippen MR) is 90.6 cm³/mol. The lowest BCUT2D eigenvalue weighted by atomic mass is 10.2. The van der Waals surface area contributed by atoms with Gasteiger partial charge in [0.1, 0.15) is 10.6 Å². The lowest BCUT2D eigenvalue weighted by Gasteiger charge is -2.39. The van der Waals surface area contributed by atoms with Crippen LogP contribution < -0.4 is 10.2 Å². The molecule has 0 saturated carbocycles. The minimum absolute atomic E-state index is 0.469. The summed E-state index contributed by atoms with van der Waals surface area (Å²) >= 11 is 1.78. The van der Waals surface area contributed by atoms with Crippen LogP contribution >= 0.6 is 11.3 Å². The van der Waals surface area contributed by atoms with Gasteiger partial charge in [0.15, 0.2) is 0 Å². The molecule has 5 nitrogen and oxygen atoms in total. The van der Waals surface area contributed by atoms with E-state index in [4.69, 9.17) is 4.98 Å². The van der Waals surface area contributed by atoms with Gasteiger partial charge in [-0.3, -0.25) is 0 Å². The summed E-state index contributed by atoms with van der Waals surface area (Å²) in [5, 5.41) is 4.30. The number of hydrogen-bond acceptors (Lipinski definition) is 6. The number of aromatic nitrogens is 2. The molecular weight excluding hydrogens is 282 g/mol. The molecule has 0 spiro atoms. The molecule has 0 radical (unpaired) electrons. The summed E-state index contributed by atoms with van der Waals surface area (Å²) in [4.78, 5) is 16.6. The Kier molecular flexibility index (Phi) is 3.99. The summed E-state index contributed by atoms with van der Waals surface area (Å²) in [6.07, 6.45) is 1.05.